The van der Waals surface area contributed by atoms with Crippen LogP contribution in [0.3, 0.4) is 0 Å². The number of amides is 3. The van der Waals surface area contributed by atoms with Crippen molar-refractivity contribution in [1.29, 1.82) is 0 Å². The number of piperazine rings is 1. The monoisotopic (exact) mass is 492 g/mol. The average Bonchev–Trinajstić information content (AvgIpc) is 2.75. The second-order valence-electron chi connectivity index (χ2n) is 9.92. The lowest BCUT2D eigenvalue weighted by atomic mass is 9.91. The number of aliphatic hydroxyl groups excluding tert-OH is 1. The molecule has 1 aromatic rings. The van der Waals surface area contributed by atoms with Gasteiger partial charge in [-0.1, -0.05) is 0 Å². The maximum Gasteiger partial charge on any atom is 0.410 e. The third kappa shape index (κ3) is 8.78. The molecule has 10 heteroatoms. The van der Waals surface area contributed by atoms with E-state index in [9.17, 15) is 14.4 Å². The molecule has 0 aromatic carbocycles. The van der Waals surface area contributed by atoms with E-state index >= 15 is 0 Å². The van der Waals surface area contributed by atoms with Crippen LogP contribution in [0.2, 0.25) is 0 Å². The Bertz CT molecular complexity index is 860. The summed E-state index contributed by atoms with van der Waals surface area (Å²) in [5.74, 6) is -0.408. The van der Waals surface area contributed by atoms with Gasteiger partial charge in [-0.25, -0.2) is 9.78 Å². The smallest absolute Gasteiger partial charge is 0.410 e. The van der Waals surface area contributed by atoms with Crippen LogP contribution in [0.25, 0.3) is 0 Å². The van der Waals surface area contributed by atoms with E-state index in [1.165, 1.54) is 0 Å². The number of piperidine rings is 1. The fourth-order valence-corrected chi connectivity index (χ4v) is 4.26. The van der Waals surface area contributed by atoms with Crippen molar-refractivity contribution >= 4 is 17.9 Å². The molecule has 10 nitrogen and oxygen atoms in total. The van der Waals surface area contributed by atoms with Gasteiger partial charge >= 0.3 is 6.09 Å². The predicted octanol–water partition coefficient (Wildman–Crippen LogP) is 2.31. The molecule has 0 saturated carbocycles. The lowest BCUT2D eigenvalue weighted by molar-refractivity contribution is -0.134. The molecule has 1 aromatic heterocycles. The molecule has 3 amide bonds. The van der Waals surface area contributed by atoms with Gasteiger partial charge in [0.25, 0.3) is 0 Å². The minimum absolute atomic E-state index is 0.164. The topological polar surface area (TPSA) is 121 Å². The van der Waals surface area contributed by atoms with Gasteiger partial charge in [0.2, 0.25) is 17.7 Å². The highest BCUT2D eigenvalue weighted by molar-refractivity contribution is 6.00. The van der Waals surface area contributed by atoms with E-state index in [2.05, 4.69) is 29.0 Å². The SMILES string of the molecule is CCO.C[C@@H]1CN(C(=O)OC(C)(C)C)C[C@H](C)N1CCOc1cc(C2CCC(=O)NC2=O)ccn1. The fourth-order valence-electron chi connectivity index (χ4n) is 4.26. The Morgan fingerprint density at radius 1 is 1.23 bits per heavy atom. The number of aliphatic hydroxyl groups is 1. The molecule has 2 fully saturated rings. The first-order valence-corrected chi connectivity index (χ1v) is 12.2. The van der Waals surface area contributed by atoms with Crippen LogP contribution in [0.1, 0.15) is 65.9 Å². The molecule has 0 aliphatic carbocycles. The Labute approximate surface area is 208 Å². The number of hydrogen-bond donors (Lipinski definition) is 2. The van der Waals surface area contributed by atoms with Crippen LogP contribution < -0.4 is 10.1 Å². The van der Waals surface area contributed by atoms with Crippen molar-refractivity contribution in [3.63, 3.8) is 0 Å². The van der Waals surface area contributed by atoms with E-state index in [4.69, 9.17) is 14.6 Å². The second-order valence-corrected chi connectivity index (χ2v) is 9.92. The Hall–Kier alpha value is -2.72. The quantitative estimate of drug-likeness (QED) is 0.601. The molecule has 35 heavy (non-hydrogen) atoms. The van der Waals surface area contributed by atoms with Crippen molar-refractivity contribution in [3.05, 3.63) is 23.9 Å². The zero-order valence-electron chi connectivity index (χ0n) is 21.7. The summed E-state index contributed by atoms with van der Waals surface area (Å²) in [6.45, 7) is 14.0. The average molecular weight is 493 g/mol. The van der Waals surface area contributed by atoms with Crippen molar-refractivity contribution in [2.45, 2.75) is 78.0 Å². The van der Waals surface area contributed by atoms with Crippen molar-refractivity contribution in [2.24, 2.45) is 0 Å². The maximum absolute atomic E-state index is 12.4. The second kappa shape index (κ2) is 12.8. The lowest BCUT2D eigenvalue weighted by Gasteiger charge is -2.44. The van der Waals surface area contributed by atoms with Gasteiger partial charge in [0, 0.05) is 57.0 Å². The van der Waals surface area contributed by atoms with E-state index in [0.29, 0.717) is 45.0 Å². The zero-order chi connectivity index (χ0) is 26.2. The largest absolute Gasteiger partial charge is 0.476 e. The number of pyridine rings is 1. The van der Waals surface area contributed by atoms with Crippen LogP contribution in [0.4, 0.5) is 4.79 Å². The van der Waals surface area contributed by atoms with Gasteiger partial charge < -0.3 is 19.5 Å². The van der Waals surface area contributed by atoms with E-state index in [-0.39, 0.29) is 42.5 Å². The van der Waals surface area contributed by atoms with Crippen LogP contribution in [0, 0.1) is 0 Å². The third-order valence-corrected chi connectivity index (χ3v) is 5.75. The number of carbonyl (C=O) groups excluding carboxylic acids is 3. The van der Waals surface area contributed by atoms with E-state index in [1.807, 2.05) is 20.8 Å². The maximum atomic E-state index is 12.4. The van der Waals surface area contributed by atoms with Gasteiger partial charge in [-0.05, 0) is 59.6 Å². The number of carbonyl (C=O) groups is 3. The van der Waals surface area contributed by atoms with Crippen molar-refractivity contribution < 1.29 is 29.0 Å². The van der Waals surface area contributed by atoms with Crippen LogP contribution in [-0.2, 0) is 14.3 Å². The Kier molecular flexibility index (Phi) is 10.5. The van der Waals surface area contributed by atoms with E-state index in [1.54, 1.807) is 30.2 Å². The van der Waals surface area contributed by atoms with Crippen LogP contribution >= 0.6 is 0 Å². The Morgan fingerprint density at radius 3 is 2.43 bits per heavy atom. The molecule has 0 radical (unpaired) electrons. The Balaban J connectivity index is 0.00000137. The number of hydrogen-bond acceptors (Lipinski definition) is 8. The minimum Gasteiger partial charge on any atom is -0.476 e. The molecule has 0 bridgehead atoms. The van der Waals surface area contributed by atoms with Gasteiger partial charge in [0.15, 0.2) is 0 Å². The number of aromatic nitrogens is 1. The number of rotatable bonds is 5. The molecule has 2 saturated heterocycles. The zero-order valence-corrected chi connectivity index (χ0v) is 21.7. The Morgan fingerprint density at radius 2 is 1.86 bits per heavy atom. The fraction of sp³-hybridized carbons (Fsp3) is 0.680. The summed E-state index contributed by atoms with van der Waals surface area (Å²) in [5, 5.41) is 9.95. The standard InChI is InChI=1S/C23H34N4O5.C2H6O/c1-15-13-26(22(30)32-23(3,4)5)14-16(2)27(15)10-11-31-20-12-17(8-9-24-20)18-6-7-19(28)25-21(18)29;1-2-3/h8-9,12,15-16,18H,6-7,10-11,13-14H2,1-5H3,(H,25,28,29);3H,2H2,1H3/t15-,16+,18?;. The summed E-state index contributed by atoms with van der Waals surface area (Å²) >= 11 is 0. The van der Waals surface area contributed by atoms with Gasteiger partial charge in [-0.3, -0.25) is 19.8 Å². The highest BCUT2D eigenvalue weighted by atomic mass is 16.6. The summed E-state index contributed by atoms with van der Waals surface area (Å²) in [7, 11) is 0. The number of imide groups is 1. The summed E-state index contributed by atoms with van der Waals surface area (Å²) in [6, 6.07) is 3.88. The number of nitrogens with one attached hydrogen (secondary N) is 1. The highest BCUT2D eigenvalue weighted by Gasteiger charge is 2.34. The molecule has 1 unspecified atom stereocenters. The third-order valence-electron chi connectivity index (χ3n) is 5.75. The van der Waals surface area contributed by atoms with E-state index in [0.717, 1.165) is 5.56 Å². The predicted molar refractivity (Wildman–Crippen MR) is 131 cm³/mol. The van der Waals surface area contributed by atoms with Crippen molar-refractivity contribution in [1.82, 2.24) is 20.1 Å². The molecule has 196 valence electrons. The summed E-state index contributed by atoms with van der Waals surface area (Å²) in [5.41, 5.74) is 0.289. The molecule has 3 heterocycles. The van der Waals surface area contributed by atoms with Crippen LogP contribution in [0.5, 0.6) is 5.88 Å². The summed E-state index contributed by atoms with van der Waals surface area (Å²) < 4.78 is 11.4. The summed E-state index contributed by atoms with van der Waals surface area (Å²) in [6.07, 6.45) is 2.17. The van der Waals surface area contributed by atoms with Gasteiger partial charge in [-0.2, -0.15) is 0 Å². The molecule has 2 aliphatic heterocycles. The van der Waals surface area contributed by atoms with Gasteiger partial charge in [-0.15, -0.1) is 0 Å². The lowest BCUT2D eigenvalue weighted by Crippen LogP contribution is -2.59. The molecule has 3 rings (SSSR count). The van der Waals surface area contributed by atoms with Gasteiger partial charge in [0.1, 0.15) is 12.2 Å². The van der Waals surface area contributed by atoms with Crippen molar-refractivity contribution in [2.75, 3.05) is 32.8 Å². The molecule has 2 N–H and O–H groups in total. The molecule has 3 atom stereocenters. The first kappa shape index (κ1) is 28.5. The molecule has 2 aliphatic rings. The first-order valence-electron chi connectivity index (χ1n) is 12.2. The molecular formula is C25H40N4O6. The minimum atomic E-state index is -0.510. The number of ether oxygens (including phenoxy) is 2. The summed E-state index contributed by atoms with van der Waals surface area (Å²) in [4.78, 5) is 44.3. The number of nitrogens with zero attached hydrogens (tertiary/aromatic N) is 3. The highest BCUT2D eigenvalue weighted by Crippen LogP contribution is 2.26. The molecule has 0 spiro atoms. The van der Waals surface area contributed by atoms with Crippen LogP contribution in [0.15, 0.2) is 18.3 Å². The van der Waals surface area contributed by atoms with Crippen molar-refractivity contribution in [3.8, 4) is 5.88 Å². The first-order chi connectivity index (χ1) is 16.4. The van der Waals surface area contributed by atoms with E-state index < -0.39 is 5.60 Å². The van der Waals surface area contributed by atoms with Crippen LogP contribution in [-0.4, -0.2) is 88.3 Å². The molecular weight excluding hydrogens is 452 g/mol. The normalized spacial score (nSPS) is 23.2. The van der Waals surface area contributed by atoms with Gasteiger partial charge in [0.05, 0.1) is 5.92 Å².